The zero-order valence-corrected chi connectivity index (χ0v) is 19.1. The van der Waals surface area contributed by atoms with E-state index in [1.165, 1.54) is 0 Å². The van der Waals surface area contributed by atoms with Crippen LogP contribution in [0.25, 0.3) is 0 Å². The Morgan fingerprint density at radius 1 is 0.656 bits per heavy atom. The van der Waals surface area contributed by atoms with Gasteiger partial charge in [-0.25, -0.2) is 0 Å². The van der Waals surface area contributed by atoms with Crippen molar-refractivity contribution in [2.24, 2.45) is 23.7 Å². The lowest BCUT2D eigenvalue weighted by Gasteiger charge is -2.17. The van der Waals surface area contributed by atoms with Crippen molar-refractivity contribution in [2.45, 2.75) is 39.8 Å². The molecule has 0 radical (unpaired) electrons. The summed E-state index contributed by atoms with van der Waals surface area (Å²) >= 11 is 0. The van der Waals surface area contributed by atoms with E-state index in [1.54, 1.807) is 0 Å². The maximum absolute atomic E-state index is 12.9. The van der Waals surface area contributed by atoms with E-state index in [2.05, 4.69) is 38.3 Å². The molecule has 6 heteroatoms. The zero-order chi connectivity index (χ0) is 22.8. The van der Waals surface area contributed by atoms with Gasteiger partial charge in [-0.2, -0.15) is 0 Å². The van der Waals surface area contributed by atoms with Crippen molar-refractivity contribution >= 4 is 11.8 Å². The number of nitrogens with one attached hydrogen (secondary N) is 2. The molecule has 4 unspecified atom stereocenters. The summed E-state index contributed by atoms with van der Waals surface area (Å²) in [5, 5.41) is 6.10. The number of carbonyl (C=O) groups excluding carboxylic acids is 2. The molecule has 2 heterocycles. The predicted molar refractivity (Wildman–Crippen MR) is 122 cm³/mol. The highest BCUT2D eigenvalue weighted by Crippen LogP contribution is 2.45. The molecule has 0 aliphatic carbocycles. The Kier molecular flexibility index (Phi) is 6.40. The van der Waals surface area contributed by atoms with E-state index in [-0.39, 0.29) is 23.9 Å². The first kappa shape index (κ1) is 22.2. The van der Waals surface area contributed by atoms with E-state index in [1.807, 2.05) is 48.5 Å². The zero-order valence-electron chi connectivity index (χ0n) is 19.1. The Hall–Kier alpha value is -3.02. The van der Waals surface area contributed by atoms with Crippen LogP contribution in [-0.2, 0) is 9.59 Å². The molecule has 0 saturated carbocycles. The molecule has 32 heavy (non-hydrogen) atoms. The highest BCUT2D eigenvalue weighted by atomic mass is 16.5. The molecule has 170 valence electrons. The smallest absolute Gasteiger partial charge is 0.226 e. The second kappa shape index (κ2) is 9.23. The Morgan fingerprint density at radius 3 is 1.31 bits per heavy atom. The van der Waals surface area contributed by atoms with Crippen LogP contribution < -0.4 is 20.1 Å². The Balaban J connectivity index is 1.49. The first-order valence-electron chi connectivity index (χ1n) is 11.4. The number of rotatable bonds is 8. The van der Waals surface area contributed by atoms with Crippen molar-refractivity contribution in [3.05, 3.63) is 59.7 Å². The number of hydrogen-bond acceptors (Lipinski definition) is 4. The van der Waals surface area contributed by atoms with Crippen LogP contribution in [0.3, 0.4) is 0 Å². The molecule has 0 aromatic heterocycles. The summed E-state index contributed by atoms with van der Waals surface area (Å²) in [6, 6.07) is 14.7. The van der Waals surface area contributed by atoms with Gasteiger partial charge in [0.15, 0.2) is 0 Å². The monoisotopic (exact) mass is 436 g/mol. The van der Waals surface area contributed by atoms with Crippen LogP contribution in [0.4, 0.5) is 0 Å². The third kappa shape index (κ3) is 4.59. The summed E-state index contributed by atoms with van der Waals surface area (Å²) in [7, 11) is 0. The van der Waals surface area contributed by atoms with E-state index in [9.17, 15) is 9.59 Å². The molecule has 2 fully saturated rings. The lowest BCUT2D eigenvalue weighted by atomic mass is 9.84. The second-order valence-electron chi connectivity index (χ2n) is 9.57. The van der Waals surface area contributed by atoms with Crippen LogP contribution in [0.5, 0.6) is 11.5 Å². The summed E-state index contributed by atoms with van der Waals surface area (Å²) < 4.78 is 11.5. The fourth-order valence-corrected chi connectivity index (χ4v) is 4.37. The van der Waals surface area contributed by atoms with E-state index in [0.717, 1.165) is 22.6 Å². The molecule has 2 aromatic carbocycles. The number of hydrogen-bond donors (Lipinski definition) is 2. The number of ether oxygens (including phenoxy) is 2. The largest absolute Gasteiger partial charge is 0.493 e. The van der Waals surface area contributed by atoms with Crippen molar-refractivity contribution in [3.63, 3.8) is 0 Å². The first-order chi connectivity index (χ1) is 15.3. The van der Waals surface area contributed by atoms with Crippen LogP contribution in [-0.4, -0.2) is 25.0 Å². The van der Waals surface area contributed by atoms with Gasteiger partial charge in [0, 0.05) is 0 Å². The quantitative estimate of drug-likeness (QED) is 0.655. The van der Waals surface area contributed by atoms with Crippen LogP contribution >= 0.6 is 0 Å². The van der Waals surface area contributed by atoms with Crippen LogP contribution in [0.15, 0.2) is 48.5 Å². The van der Waals surface area contributed by atoms with Gasteiger partial charge >= 0.3 is 0 Å². The van der Waals surface area contributed by atoms with Crippen LogP contribution in [0, 0.1) is 23.7 Å². The molecule has 0 spiro atoms. The third-order valence-corrected chi connectivity index (χ3v) is 5.95. The van der Waals surface area contributed by atoms with Gasteiger partial charge in [-0.15, -0.1) is 0 Å². The van der Waals surface area contributed by atoms with E-state index >= 15 is 0 Å². The van der Waals surface area contributed by atoms with Gasteiger partial charge in [-0.05, 0) is 47.2 Å². The summed E-state index contributed by atoms with van der Waals surface area (Å²) in [6.45, 7) is 9.70. The van der Waals surface area contributed by atoms with E-state index in [4.69, 9.17) is 9.47 Å². The van der Waals surface area contributed by atoms with Gasteiger partial charge in [0.1, 0.15) is 11.5 Å². The molecule has 2 aliphatic rings. The number of fused-ring (bicyclic) bond motifs is 1. The predicted octanol–water partition coefficient (Wildman–Crippen LogP) is 4.03. The van der Waals surface area contributed by atoms with Crippen molar-refractivity contribution in [1.29, 1.82) is 0 Å². The summed E-state index contributed by atoms with van der Waals surface area (Å²) in [5.41, 5.74) is 1.83. The maximum Gasteiger partial charge on any atom is 0.226 e. The van der Waals surface area contributed by atoms with Crippen LogP contribution in [0.2, 0.25) is 0 Å². The van der Waals surface area contributed by atoms with Gasteiger partial charge in [0.05, 0.1) is 37.1 Å². The minimum absolute atomic E-state index is 0.0939. The molecular formula is C26H32N2O4. The number of carbonyl (C=O) groups is 2. The summed E-state index contributed by atoms with van der Waals surface area (Å²) in [6.07, 6.45) is 0. The van der Waals surface area contributed by atoms with E-state index in [0.29, 0.717) is 25.0 Å². The molecule has 0 bridgehead atoms. The average molecular weight is 437 g/mol. The summed E-state index contributed by atoms with van der Waals surface area (Å²) in [5.74, 6) is 1.40. The molecule has 2 saturated heterocycles. The minimum Gasteiger partial charge on any atom is -0.493 e. The number of benzene rings is 2. The lowest BCUT2D eigenvalue weighted by molar-refractivity contribution is -0.125. The van der Waals surface area contributed by atoms with Gasteiger partial charge in [0.25, 0.3) is 0 Å². The number of amides is 2. The molecule has 6 nitrogen and oxygen atoms in total. The Bertz CT molecular complexity index is 873. The molecule has 2 aliphatic heterocycles. The fourth-order valence-electron chi connectivity index (χ4n) is 4.37. The standard InChI is InChI=1S/C26H32N2O4/c1-15(2)13-31-19-9-5-17(6-10-19)23-21-22(26(30)27-23)24(28-25(21)29)18-7-11-20(12-8-18)32-14-16(3)4/h5-12,15-16,21-24H,13-14H2,1-4H3,(H,27,30)(H,28,29). The SMILES string of the molecule is CC(C)COc1ccc(C2NC(=O)C3C(c4ccc(OCC(C)C)cc4)NC(=O)C23)cc1. The summed E-state index contributed by atoms with van der Waals surface area (Å²) in [4.78, 5) is 25.8. The molecular weight excluding hydrogens is 404 g/mol. The van der Waals surface area contributed by atoms with Crippen LogP contribution in [0.1, 0.15) is 50.9 Å². The fraction of sp³-hybridized carbons (Fsp3) is 0.462. The topological polar surface area (TPSA) is 76.7 Å². The van der Waals surface area contributed by atoms with Crippen molar-refractivity contribution < 1.29 is 19.1 Å². The Labute approximate surface area is 189 Å². The normalized spacial score (nSPS) is 24.4. The third-order valence-electron chi connectivity index (χ3n) is 5.95. The van der Waals surface area contributed by atoms with Gasteiger partial charge in [-0.1, -0.05) is 52.0 Å². The highest BCUT2D eigenvalue weighted by molar-refractivity contribution is 5.96. The highest BCUT2D eigenvalue weighted by Gasteiger charge is 2.55. The first-order valence-corrected chi connectivity index (χ1v) is 11.4. The van der Waals surface area contributed by atoms with Crippen molar-refractivity contribution in [3.8, 4) is 11.5 Å². The van der Waals surface area contributed by atoms with Gasteiger partial charge in [-0.3, -0.25) is 9.59 Å². The second-order valence-corrected chi connectivity index (χ2v) is 9.57. The minimum atomic E-state index is -0.438. The molecule has 4 rings (SSSR count). The molecule has 4 atom stereocenters. The van der Waals surface area contributed by atoms with Gasteiger partial charge < -0.3 is 20.1 Å². The van der Waals surface area contributed by atoms with Gasteiger partial charge in [0.2, 0.25) is 11.8 Å². The molecule has 2 aromatic rings. The van der Waals surface area contributed by atoms with Crippen molar-refractivity contribution in [1.82, 2.24) is 10.6 Å². The van der Waals surface area contributed by atoms with E-state index < -0.39 is 11.8 Å². The molecule has 2 N–H and O–H groups in total. The average Bonchev–Trinajstić information content (AvgIpc) is 3.30. The maximum atomic E-state index is 12.9. The van der Waals surface area contributed by atoms with Crippen molar-refractivity contribution in [2.75, 3.05) is 13.2 Å². The Morgan fingerprint density at radius 2 is 1.00 bits per heavy atom. The lowest BCUT2D eigenvalue weighted by Crippen LogP contribution is -2.32. The molecule has 2 amide bonds.